The first kappa shape index (κ1) is 17.8. The normalized spacial score (nSPS) is 29.9. The first-order chi connectivity index (χ1) is 11.2. The van der Waals surface area contributed by atoms with Gasteiger partial charge in [-0.2, -0.15) is 13.2 Å². The summed E-state index contributed by atoms with van der Waals surface area (Å²) in [5, 5.41) is 9.38. The third-order valence-electron chi connectivity index (χ3n) is 4.78. The summed E-state index contributed by atoms with van der Waals surface area (Å²) in [6.45, 7) is -0.925. The van der Waals surface area contributed by atoms with Crippen LogP contribution >= 0.6 is 23.4 Å². The molecule has 3 nitrogen and oxygen atoms in total. The van der Waals surface area contributed by atoms with Crippen molar-refractivity contribution in [2.24, 2.45) is 0 Å². The van der Waals surface area contributed by atoms with Gasteiger partial charge in [0, 0.05) is 29.9 Å². The van der Waals surface area contributed by atoms with Gasteiger partial charge in [-0.15, -0.1) is 11.8 Å². The van der Waals surface area contributed by atoms with Gasteiger partial charge in [0.25, 0.3) is 0 Å². The molecule has 2 aliphatic rings. The van der Waals surface area contributed by atoms with Crippen LogP contribution in [0, 0.1) is 5.41 Å². The van der Waals surface area contributed by atoms with Gasteiger partial charge in [0.15, 0.2) is 0 Å². The number of hydrogen-bond donors (Lipinski definition) is 1. The molecule has 3 atom stereocenters. The zero-order chi connectivity index (χ0) is 17.5. The number of hydrogen-bond acceptors (Lipinski definition) is 4. The first-order valence-corrected chi connectivity index (χ1v) is 9.10. The van der Waals surface area contributed by atoms with Gasteiger partial charge in [0.05, 0.1) is 16.6 Å². The number of rotatable bonds is 3. The minimum Gasteiger partial charge on any atom is -0.297 e. The quantitative estimate of drug-likeness (QED) is 0.487. The van der Waals surface area contributed by atoms with E-state index in [1.165, 1.54) is 22.9 Å². The molecule has 1 aromatic rings. The molecule has 8 heteroatoms. The molecule has 1 aromatic heterocycles. The van der Waals surface area contributed by atoms with E-state index in [4.69, 9.17) is 17.0 Å². The lowest BCUT2D eigenvalue weighted by Gasteiger charge is -2.47. The van der Waals surface area contributed by atoms with Crippen molar-refractivity contribution in [1.29, 1.82) is 5.41 Å². The number of pyridine rings is 1. The summed E-state index contributed by atoms with van der Waals surface area (Å²) in [6.07, 6.45) is 5.32. The molecular formula is C16H17ClF3N3S. The van der Waals surface area contributed by atoms with Crippen molar-refractivity contribution in [3.8, 4) is 0 Å². The molecular weight excluding hydrogens is 359 g/mol. The minimum absolute atomic E-state index is 0.336. The standard InChI is InChI=1S/C16H17ClF3N3S/c1-24-14(21)15(10-4-11(17)8-22-7-10)5-12-2-3-13(6-15)23(12)9-16(18,19)20/h2-4,7-8,12-13,21H,5-6,9H2,1H3/t12-,13+,15?. The lowest BCUT2D eigenvalue weighted by molar-refractivity contribution is -0.154. The molecule has 3 rings (SSSR count). The number of aromatic nitrogens is 1. The summed E-state index contributed by atoms with van der Waals surface area (Å²) in [5.41, 5.74) is 0.165. The molecule has 2 aliphatic heterocycles. The molecule has 0 spiro atoms. The summed E-state index contributed by atoms with van der Waals surface area (Å²) >= 11 is 7.38. The fourth-order valence-electron chi connectivity index (χ4n) is 3.75. The van der Waals surface area contributed by atoms with Crippen LogP contribution in [0.15, 0.2) is 30.6 Å². The second kappa shape index (κ2) is 6.35. The Kier molecular flexibility index (Phi) is 4.70. The Balaban J connectivity index is 1.96. The zero-order valence-electron chi connectivity index (χ0n) is 13.0. The number of piperidine rings is 1. The highest BCUT2D eigenvalue weighted by Gasteiger charge is 2.51. The number of nitrogens with zero attached hydrogens (tertiary/aromatic N) is 2. The zero-order valence-corrected chi connectivity index (χ0v) is 14.5. The Hall–Kier alpha value is -1.05. The van der Waals surface area contributed by atoms with Crippen LogP contribution < -0.4 is 0 Å². The van der Waals surface area contributed by atoms with E-state index in [2.05, 4.69) is 4.98 Å². The average Bonchev–Trinajstić information content (AvgIpc) is 2.75. The fraction of sp³-hybridized carbons (Fsp3) is 0.500. The van der Waals surface area contributed by atoms with E-state index in [1.807, 2.05) is 18.4 Å². The number of thioether (sulfide) groups is 1. The van der Waals surface area contributed by atoms with Crippen LogP contribution in [0.1, 0.15) is 18.4 Å². The maximum absolute atomic E-state index is 12.9. The molecule has 24 heavy (non-hydrogen) atoms. The largest absolute Gasteiger partial charge is 0.401 e. The maximum atomic E-state index is 12.9. The summed E-state index contributed by atoms with van der Waals surface area (Å²) in [7, 11) is 0. The average molecular weight is 376 g/mol. The van der Waals surface area contributed by atoms with Crippen molar-refractivity contribution in [3.63, 3.8) is 0 Å². The van der Waals surface area contributed by atoms with Gasteiger partial charge in [0.2, 0.25) is 0 Å². The third kappa shape index (κ3) is 3.21. The summed E-state index contributed by atoms with van der Waals surface area (Å²) < 4.78 is 38.6. The van der Waals surface area contributed by atoms with Crippen LogP contribution in [-0.2, 0) is 5.41 Å². The number of alkyl halides is 3. The highest BCUT2D eigenvalue weighted by molar-refractivity contribution is 8.13. The Morgan fingerprint density at radius 3 is 2.50 bits per heavy atom. The van der Waals surface area contributed by atoms with Crippen molar-refractivity contribution < 1.29 is 13.2 Å². The second-order valence-corrected chi connectivity index (χ2v) is 7.48. The molecule has 0 aromatic carbocycles. The fourth-order valence-corrected chi connectivity index (χ4v) is 4.60. The Labute approximate surface area is 147 Å². The summed E-state index contributed by atoms with van der Waals surface area (Å²) in [6, 6.07) is 1.10. The minimum atomic E-state index is -4.23. The summed E-state index contributed by atoms with van der Waals surface area (Å²) in [4.78, 5) is 5.59. The lowest BCUT2D eigenvalue weighted by atomic mass is 9.70. The van der Waals surface area contributed by atoms with Crippen molar-refractivity contribution in [1.82, 2.24) is 9.88 Å². The Bertz CT molecular complexity index is 661. The van der Waals surface area contributed by atoms with Gasteiger partial charge in [-0.3, -0.25) is 15.3 Å². The van der Waals surface area contributed by atoms with E-state index in [0.717, 1.165) is 5.56 Å². The molecule has 1 unspecified atom stereocenters. The molecule has 1 saturated heterocycles. The van der Waals surface area contributed by atoms with Crippen molar-refractivity contribution >= 4 is 28.4 Å². The molecule has 2 bridgehead atoms. The third-order valence-corrected chi connectivity index (χ3v) is 5.79. The lowest BCUT2D eigenvalue weighted by Crippen LogP contribution is -2.54. The van der Waals surface area contributed by atoms with Crippen molar-refractivity contribution in [2.45, 2.75) is 36.5 Å². The van der Waals surface area contributed by atoms with E-state index in [1.54, 1.807) is 12.3 Å². The predicted octanol–water partition coefficient (Wildman–Crippen LogP) is 4.28. The van der Waals surface area contributed by atoms with Gasteiger partial charge in [-0.05, 0) is 30.7 Å². The Morgan fingerprint density at radius 2 is 2.00 bits per heavy atom. The maximum Gasteiger partial charge on any atom is 0.401 e. The monoisotopic (exact) mass is 375 g/mol. The smallest absolute Gasteiger partial charge is 0.297 e. The van der Waals surface area contributed by atoms with E-state index in [9.17, 15) is 13.2 Å². The molecule has 1 N–H and O–H groups in total. The first-order valence-electron chi connectivity index (χ1n) is 7.50. The SMILES string of the molecule is CSC(=N)C1(c2cncc(Cl)c2)C[C@H]2C=C[C@@H](C1)N2CC(F)(F)F. The topological polar surface area (TPSA) is 40.0 Å². The van der Waals surface area contributed by atoms with Gasteiger partial charge in [-0.25, -0.2) is 0 Å². The van der Waals surface area contributed by atoms with Gasteiger partial charge < -0.3 is 0 Å². The van der Waals surface area contributed by atoms with E-state index in [-0.39, 0.29) is 12.1 Å². The molecule has 0 saturated carbocycles. The molecule has 130 valence electrons. The highest BCUT2D eigenvalue weighted by atomic mass is 35.5. The number of fused-ring (bicyclic) bond motifs is 2. The second-order valence-electron chi connectivity index (χ2n) is 6.22. The van der Waals surface area contributed by atoms with Crippen LogP contribution in [0.2, 0.25) is 5.02 Å². The van der Waals surface area contributed by atoms with Gasteiger partial charge in [-0.1, -0.05) is 23.8 Å². The molecule has 0 amide bonds. The summed E-state index contributed by atoms with van der Waals surface area (Å²) in [5.74, 6) is 0. The van der Waals surface area contributed by atoms with Crippen molar-refractivity contribution in [3.05, 3.63) is 41.2 Å². The Morgan fingerprint density at radius 1 is 1.38 bits per heavy atom. The van der Waals surface area contributed by atoms with Gasteiger partial charge in [0.1, 0.15) is 0 Å². The molecule has 0 radical (unpaired) electrons. The molecule has 3 heterocycles. The van der Waals surface area contributed by atoms with E-state index < -0.39 is 18.1 Å². The van der Waals surface area contributed by atoms with Crippen LogP contribution in [0.3, 0.4) is 0 Å². The highest BCUT2D eigenvalue weighted by Crippen LogP contribution is 2.47. The number of halogens is 4. The predicted molar refractivity (Wildman–Crippen MR) is 90.9 cm³/mol. The number of nitrogens with one attached hydrogen (secondary N) is 1. The molecule has 0 aliphatic carbocycles. The van der Waals surface area contributed by atoms with Crippen LogP contribution in [0.25, 0.3) is 0 Å². The molecule has 1 fully saturated rings. The van der Waals surface area contributed by atoms with E-state index in [0.29, 0.717) is 22.9 Å². The van der Waals surface area contributed by atoms with Crippen LogP contribution in [-0.4, -0.2) is 46.0 Å². The van der Waals surface area contributed by atoms with Crippen molar-refractivity contribution in [2.75, 3.05) is 12.8 Å². The van der Waals surface area contributed by atoms with E-state index >= 15 is 0 Å². The van der Waals surface area contributed by atoms with Crippen LogP contribution in [0.4, 0.5) is 13.2 Å². The van der Waals surface area contributed by atoms with Gasteiger partial charge >= 0.3 is 6.18 Å². The van der Waals surface area contributed by atoms with Crippen LogP contribution in [0.5, 0.6) is 0 Å².